The average Bonchev–Trinajstić information content (AvgIpc) is 2.76. The van der Waals surface area contributed by atoms with Crippen LogP contribution in [0.1, 0.15) is 28.5 Å². The Bertz CT molecular complexity index is 564. The van der Waals surface area contributed by atoms with Gasteiger partial charge in [0, 0.05) is 18.8 Å². The van der Waals surface area contributed by atoms with E-state index >= 15 is 0 Å². The molecule has 0 radical (unpaired) electrons. The Balaban J connectivity index is 2.30. The Labute approximate surface area is 101 Å². The van der Waals surface area contributed by atoms with E-state index in [-0.39, 0.29) is 5.91 Å². The number of hydrogen-bond acceptors (Lipinski definition) is 1. The fraction of sp³-hybridized carbons (Fsp3) is 0.133. The lowest BCUT2D eigenvalue weighted by atomic mass is 10.1. The van der Waals surface area contributed by atoms with Gasteiger partial charge in [-0.25, -0.2) is 0 Å². The van der Waals surface area contributed by atoms with Crippen LogP contribution in [0.2, 0.25) is 0 Å². The number of rotatable bonds is 2. The molecule has 2 nitrogen and oxygen atoms in total. The zero-order valence-electron chi connectivity index (χ0n) is 10.1. The Morgan fingerprint density at radius 1 is 1.12 bits per heavy atom. The Morgan fingerprint density at radius 3 is 2.59 bits per heavy atom. The molecule has 0 atom stereocenters. The molecule has 0 aliphatic rings. The number of nitrogens with zero attached hydrogens (tertiary/aromatic N) is 1. The Hall–Kier alpha value is -2.09. The zero-order chi connectivity index (χ0) is 12.3. The molecule has 0 fully saturated rings. The molecule has 2 aromatic rings. The summed E-state index contributed by atoms with van der Waals surface area (Å²) < 4.78 is 1.63. The third kappa shape index (κ3) is 2.53. The molecule has 0 unspecified atom stereocenters. The molecule has 0 saturated carbocycles. The maximum atomic E-state index is 11.3. The summed E-state index contributed by atoms with van der Waals surface area (Å²) in [4.78, 5) is 11.3. The Morgan fingerprint density at radius 2 is 1.88 bits per heavy atom. The lowest BCUT2D eigenvalue weighted by molar-refractivity contribution is 0.0936. The maximum Gasteiger partial charge on any atom is 0.227 e. The summed E-state index contributed by atoms with van der Waals surface area (Å²) in [6.45, 7) is 3.63. The van der Waals surface area contributed by atoms with Gasteiger partial charge in [0.05, 0.1) is 0 Å². The van der Waals surface area contributed by atoms with Gasteiger partial charge in [-0.1, -0.05) is 30.3 Å². The van der Waals surface area contributed by atoms with Gasteiger partial charge in [0.15, 0.2) is 0 Å². The van der Waals surface area contributed by atoms with Gasteiger partial charge >= 0.3 is 0 Å². The molecule has 86 valence electrons. The fourth-order valence-electron chi connectivity index (χ4n) is 1.77. The van der Waals surface area contributed by atoms with Gasteiger partial charge in [-0.3, -0.25) is 9.36 Å². The minimum Gasteiger partial charge on any atom is -0.288 e. The topological polar surface area (TPSA) is 22.0 Å². The first-order valence-corrected chi connectivity index (χ1v) is 5.60. The van der Waals surface area contributed by atoms with E-state index in [2.05, 4.69) is 19.1 Å². The predicted octanol–water partition coefficient (Wildman–Crippen LogP) is 3.63. The van der Waals surface area contributed by atoms with Gasteiger partial charge < -0.3 is 0 Å². The molecule has 1 aromatic carbocycles. The summed E-state index contributed by atoms with van der Waals surface area (Å²) in [7, 11) is 0. The van der Waals surface area contributed by atoms with Crippen LogP contribution in [0, 0.1) is 6.92 Å². The van der Waals surface area contributed by atoms with Gasteiger partial charge in [0.2, 0.25) is 5.91 Å². The van der Waals surface area contributed by atoms with Crippen molar-refractivity contribution in [2.45, 2.75) is 13.8 Å². The molecule has 0 aliphatic carbocycles. The standard InChI is InChI=1S/C15H15NO/c1-12-6-3-4-7-14(12)9-10-15-8-5-11-16(15)13(2)17/h3-11H,1-2H3/b10-9-. The molecule has 0 N–H and O–H groups in total. The highest BCUT2D eigenvalue weighted by Gasteiger charge is 2.00. The van der Waals surface area contributed by atoms with Crippen molar-refractivity contribution in [1.82, 2.24) is 4.57 Å². The molecule has 0 aliphatic heterocycles. The van der Waals surface area contributed by atoms with Crippen LogP contribution in [0.25, 0.3) is 12.2 Å². The minimum absolute atomic E-state index is 0.0273. The molecule has 17 heavy (non-hydrogen) atoms. The number of hydrogen-bond donors (Lipinski definition) is 0. The van der Waals surface area contributed by atoms with Crippen LogP contribution in [0.3, 0.4) is 0 Å². The second-order valence-corrected chi connectivity index (χ2v) is 4.01. The van der Waals surface area contributed by atoms with Crippen LogP contribution in [0.5, 0.6) is 0 Å². The van der Waals surface area contributed by atoms with Crippen molar-refractivity contribution < 1.29 is 4.79 Å². The predicted molar refractivity (Wildman–Crippen MR) is 70.8 cm³/mol. The molecule has 2 heteroatoms. The monoisotopic (exact) mass is 225 g/mol. The second kappa shape index (κ2) is 4.83. The van der Waals surface area contributed by atoms with Crippen LogP contribution >= 0.6 is 0 Å². The summed E-state index contributed by atoms with van der Waals surface area (Å²) >= 11 is 0. The summed E-state index contributed by atoms with van der Waals surface area (Å²) in [6, 6.07) is 12.0. The summed E-state index contributed by atoms with van der Waals surface area (Å²) in [5.41, 5.74) is 3.30. The molecule has 1 aromatic heterocycles. The van der Waals surface area contributed by atoms with Gasteiger partial charge in [0.25, 0.3) is 0 Å². The molecule has 2 rings (SSSR count). The van der Waals surface area contributed by atoms with E-state index in [1.807, 2.05) is 36.4 Å². The zero-order valence-corrected chi connectivity index (χ0v) is 10.1. The largest absolute Gasteiger partial charge is 0.288 e. The van der Waals surface area contributed by atoms with Gasteiger partial charge in [-0.15, -0.1) is 0 Å². The third-order valence-electron chi connectivity index (χ3n) is 2.74. The summed E-state index contributed by atoms with van der Waals surface area (Å²) in [6.07, 6.45) is 5.77. The van der Waals surface area contributed by atoms with E-state index in [4.69, 9.17) is 0 Å². The molecule has 0 amide bonds. The number of benzene rings is 1. The van der Waals surface area contributed by atoms with E-state index in [9.17, 15) is 4.79 Å². The van der Waals surface area contributed by atoms with Gasteiger partial charge in [-0.05, 0) is 36.3 Å². The highest BCUT2D eigenvalue weighted by atomic mass is 16.1. The van der Waals surface area contributed by atoms with E-state index < -0.39 is 0 Å². The number of aromatic nitrogens is 1. The second-order valence-electron chi connectivity index (χ2n) is 4.01. The van der Waals surface area contributed by atoms with Crippen LogP contribution in [-0.4, -0.2) is 10.5 Å². The fourth-order valence-corrected chi connectivity index (χ4v) is 1.77. The first kappa shape index (κ1) is 11.4. The summed E-state index contributed by atoms with van der Waals surface area (Å²) in [5, 5.41) is 0. The highest BCUT2D eigenvalue weighted by molar-refractivity contribution is 5.81. The third-order valence-corrected chi connectivity index (χ3v) is 2.74. The van der Waals surface area contributed by atoms with Crippen LogP contribution in [-0.2, 0) is 0 Å². The van der Waals surface area contributed by atoms with Crippen molar-refractivity contribution in [3.05, 3.63) is 59.4 Å². The molecule has 0 spiro atoms. The van der Waals surface area contributed by atoms with Gasteiger partial charge in [0.1, 0.15) is 0 Å². The number of carbonyl (C=O) groups excluding carboxylic acids is 1. The smallest absolute Gasteiger partial charge is 0.227 e. The lowest BCUT2D eigenvalue weighted by Gasteiger charge is -2.01. The normalized spacial score (nSPS) is 10.9. The van der Waals surface area contributed by atoms with Crippen molar-refractivity contribution in [3.8, 4) is 0 Å². The van der Waals surface area contributed by atoms with E-state index in [1.165, 1.54) is 11.1 Å². The number of carbonyl (C=O) groups is 1. The molecule has 0 saturated heterocycles. The number of aryl methyl sites for hydroxylation is 1. The molecule has 0 bridgehead atoms. The van der Waals surface area contributed by atoms with Crippen molar-refractivity contribution in [1.29, 1.82) is 0 Å². The van der Waals surface area contributed by atoms with E-state index in [1.54, 1.807) is 17.7 Å². The SMILES string of the molecule is CC(=O)n1cccc1/C=C\c1ccccc1C. The van der Waals surface area contributed by atoms with Crippen LogP contribution in [0.4, 0.5) is 0 Å². The minimum atomic E-state index is 0.0273. The van der Waals surface area contributed by atoms with Crippen molar-refractivity contribution in [3.63, 3.8) is 0 Å². The maximum absolute atomic E-state index is 11.3. The lowest BCUT2D eigenvalue weighted by Crippen LogP contribution is -2.05. The molecular formula is C15H15NO. The van der Waals surface area contributed by atoms with Gasteiger partial charge in [-0.2, -0.15) is 0 Å². The van der Waals surface area contributed by atoms with Crippen LogP contribution < -0.4 is 0 Å². The highest BCUT2D eigenvalue weighted by Crippen LogP contribution is 2.12. The van der Waals surface area contributed by atoms with Crippen molar-refractivity contribution >= 4 is 18.1 Å². The van der Waals surface area contributed by atoms with Crippen molar-refractivity contribution in [2.75, 3.05) is 0 Å². The van der Waals surface area contributed by atoms with E-state index in [0.29, 0.717) is 0 Å². The molecular weight excluding hydrogens is 210 g/mol. The first-order chi connectivity index (χ1) is 8.18. The summed E-state index contributed by atoms with van der Waals surface area (Å²) in [5.74, 6) is 0.0273. The first-order valence-electron chi connectivity index (χ1n) is 5.60. The average molecular weight is 225 g/mol. The molecule has 1 heterocycles. The van der Waals surface area contributed by atoms with Crippen molar-refractivity contribution in [2.24, 2.45) is 0 Å². The quantitative estimate of drug-likeness (QED) is 0.765. The van der Waals surface area contributed by atoms with Crippen LogP contribution in [0.15, 0.2) is 42.6 Å². The van der Waals surface area contributed by atoms with E-state index in [0.717, 1.165) is 5.69 Å². The Kier molecular flexibility index (Phi) is 3.24.